The summed E-state index contributed by atoms with van der Waals surface area (Å²) in [6.45, 7) is 1.87. The number of fused-ring (bicyclic) bond motifs is 1. The lowest BCUT2D eigenvalue weighted by atomic mass is 10.3. The van der Waals surface area contributed by atoms with E-state index in [-0.39, 0.29) is 5.82 Å². The molecule has 0 bridgehead atoms. The Balaban J connectivity index is 1.60. The van der Waals surface area contributed by atoms with Crippen molar-refractivity contribution in [3.8, 4) is 11.5 Å². The van der Waals surface area contributed by atoms with Crippen LogP contribution in [0.25, 0.3) is 5.78 Å². The molecule has 0 spiro atoms. The summed E-state index contributed by atoms with van der Waals surface area (Å²) in [6.07, 6.45) is 1.63. The minimum atomic E-state index is -0.431. The van der Waals surface area contributed by atoms with Crippen LogP contribution >= 0.6 is 0 Å². The lowest BCUT2D eigenvalue weighted by molar-refractivity contribution is 0.101. The predicted molar refractivity (Wildman–Crippen MR) is 96.4 cm³/mol. The highest BCUT2D eigenvalue weighted by atomic mass is 16.5. The van der Waals surface area contributed by atoms with Gasteiger partial charge in [0.25, 0.3) is 11.7 Å². The molecule has 1 amide bonds. The van der Waals surface area contributed by atoms with Gasteiger partial charge < -0.3 is 10.1 Å². The van der Waals surface area contributed by atoms with Gasteiger partial charge in [-0.3, -0.25) is 4.79 Å². The minimum Gasteiger partial charge on any atom is -0.455 e. The molecule has 0 fully saturated rings. The van der Waals surface area contributed by atoms with E-state index in [4.69, 9.17) is 4.74 Å². The second kappa shape index (κ2) is 6.64. The van der Waals surface area contributed by atoms with Gasteiger partial charge in [-0.2, -0.15) is 4.98 Å². The molecule has 0 unspecified atom stereocenters. The first kappa shape index (κ1) is 15.8. The summed E-state index contributed by atoms with van der Waals surface area (Å²) in [7, 11) is 0. The van der Waals surface area contributed by atoms with E-state index in [0.29, 0.717) is 23.0 Å². The summed E-state index contributed by atoms with van der Waals surface area (Å²) in [6, 6.07) is 18.4. The van der Waals surface area contributed by atoms with Gasteiger partial charge in [-0.1, -0.05) is 30.3 Å². The van der Waals surface area contributed by atoms with Crippen LogP contribution in [0.2, 0.25) is 0 Å². The van der Waals surface area contributed by atoms with Gasteiger partial charge in [-0.05, 0) is 37.3 Å². The lowest BCUT2D eigenvalue weighted by Crippen LogP contribution is -2.14. The van der Waals surface area contributed by atoms with E-state index in [9.17, 15) is 4.79 Å². The number of ether oxygens (including phenoxy) is 1. The van der Waals surface area contributed by atoms with Crippen LogP contribution in [0.1, 0.15) is 16.3 Å². The molecule has 0 aliphatic rings. The maximum Gasteiger partial charge on any atom is 0.295 e. The topological polar surface area (TPSA) is 81.4 Å². The Kier molecular flexibility index (Phi) is 4.03. The molecule has 0 aliphatic carbocycles. The van der Waals surface area contributed by atoms with Gasteiger partial charge in [-0.25, -0.2) is 9.50 Å². The normalized spacial score (nSPS) is 10.7. The third-order valence-corrected chi connectivity index (χ3v) is 3.74. The number of rotatable bonds is 4. The molecule has 4 aromatic rings. The Morgan fingerprint density at radius 2 is 1.81 bits per heavy atom. The van der Waals surface area contributed by atoms with E-state index in [2.05, 4.69) is 20.4 Å². The van der Waals surface area contributed by atoms with Gasteiger partial charge in [0.1, 0.15) is 5.75 Å². The van der Waals surface area contributed by atoms with Crippen LogP contribution in [0.3, 0.4) is 0 Å². The molecule has 2 aromatic carbocycles. The second-order valence-corrected chi connectivity index (χ2v) is 5.60. The molecule has 7 nitrogen and oxygen atoms in total. The van der Waals surface area contributed by atoms with E-state index in [1.807, 2.05) is 49.4 Å². The zero-order valence-corrected chi connectivity index (χ0v) is 14.0. The SMILES string of the molecule is Cc1ccnc2nc(C(=O)Nc3ccccc3Oc3ccccc3)nn12. The van der Waals surface area contributed by atoms with E-state index < -0.39 is 5.91 Å². The quantitative estimate of drug-likeness (QED) is 0.612. The molecular formula is C19H15N5O2. The van der Waals surface area contributed by atoms with E-state index in [1.165, 1.54) is 4.52 Å². The van der Waals surface area contributed by atoms with Crippen molar-refractivity contribution in [3.63, 3.8) is 0 Å². The Labute approximate surface area is 149 Å². The highest BCUT2D eigenvalue weighted by molar-refractivity contribution is 6.02. The van der Waals surface area contributed by atoms with Gasteiger partial charge in [0.15, 0.2) is 5.75 Å². The lowest BCUT2D eigenvalue weighted by Gasteiger charge is -2.11. The fourth-order valence-electron chi connectivity index (χ4n) is 2.46. The second-order valence-electron chi connectivity index (χ2n) is 5.60. The minimum absolute atomic E-state index is 0.0429. The smallest absolute Gasteiger partial charge is 0.295 e. The molecule has 0 saturated carbocycles. The highest BCUT2D eigenvalue weighted by Gasteiger charge is 2.16. The summed E-state index contributed by atoms with van der Waals surface area (Å²) in [5.74, 6) is 1.20. The fourth-order valence-corrected chi connectivity index (χ4v) is 2.46. The predicted octanol–water partition coefficient (Wildman–Crippen LogP) is 3.48. The Hall–Kier alpha value is -3.74. The van der Waals surface area contributed by atoms with Crippen molar-refractivity contribution < 1.29 is 9.53 Å². The Bertz CT molecular complexity index is 1080. The molecular weight excluding hydrogens is 330 g/mol. The average Bonchev–Trinajstić information content (AvgIpc) is 3.10. The number of carbonyl (C=O) groups excluding carboxylic acids is 1. The number of nitrogens with zero attached hydrogens (tertiary/aromatic N) is 4. The molecule has 0 atom stereocenters. The van der Waals surface area contributed by atoms with Crippen molar-refractivity contribution in [3.05, 3.63) is 78.4 Å². The number of para-hydroxylation sites is 3. The summed E-state index contributed by atoms with van der Waals surface area (Å²) >= 11 is 0. The van der Waals surface area contributed by atoms with Crippen LogP contribution in [0.5, 0.6) is 11.5 Å². The summed E-state index contributed by atoms with van der Waals surface area (Å²) in [5.41, 5.74) is 1.37. The zero-order chi connectivity index (χ0) is 17.9. The first-order valence-electron chi connectivity index (χ1n) is 8.02. The number of carbonyl (C=O) groups is 1. The molecule has 4 rings (SSSR count). The molecule has 0 aliphatic heterocycles. The number of amides is 1. The maximum absolute atomic E-state index is 12.6. The Morgan fingerprint density at radius 1 is 1.04 bits per heavy atom. The van der Waals surface area contributed by atoms with E-state index >= 15 is 0 Å². The summed E-state index contributed by atoms with van der Waals surface area (Å²) in [4.78, 5) is 20.8. The van der Waals surface area contributed by atoms with Gasteiger partial charge in [-0.15, -0.1) is 5.10 Å². The van der Waals surface area contributed by atoms with Crippen LogP contribution in [0.4, 0.5) is 5.69 Å². The molecule has 128 valence electrons. The van der Waals surface area contributed by atoms with Gasteiger partial charge >= 0.3 is 0 Å². The van der Waals surface area contributed by atoms with E-state index in [1.54, 1.807) is 24.4 Å². The van der Waals surface area contributed by atoms with Crippen LogP contribution in [0, 0.1) is 6.92 Å². The van der Waals surface area contributed by atoms with Gasteiger partial charge in [0.2, 0.25) is 5.82 Å². The number of nitrogens with one attached hydrogen (secondary N) is 1. The number of aromatic nitrogens is 4. The van der Waals surface area contributed by atoms with Crippen molar-refractivity contribution >= 4 is 17.4 Å². The first-order chi connectivity index (χ1) is 12.7. The highest BCUT2D eigenvalue weighted by Crippen LogP contribution is 2.29. The van der Waals surface area contributed by atoms with Crippen molar-refractivity contribution in [2.45, 2.75) is 6.92 Å². The van der Waals surface area contributed by atoms with Crippen molar-refractivity contribution in [1.29, 1.82) is 0 Å². The monoisotopic (exact) mass is 345 g/mol. The van der Waals surface area contributed by atoms with E-state index in [0.717, 1.165) is 5.69 Å². The zero-order valence-electron chi connectivity index (χ0n) is 14.0. The molecule has 1 N–H and O–H groups in total. The van der Waals surface area contributed by atoms with Crippen molar-refractivity contribution in [2.75, 3.05) is 5.32 Å². The van der Waals surface area contributed by atoms with Crippen LogP contribution in [-0.4, -0.2) is 25.5 Å². The van der Waals surface area contributed by atoms with Crippen LogP contribution in [0.15, 0.2) is 66.9 Å². The largest absolute Gasteiger partial charge is 0.455 e. The fraction of sp³-hybridized carbons (Fsp3) is 0.0526. The number of hydrogen-bond donors (Lipinski definition) is 1. The molecule has 0 saturated heterocycles. The summed E-state index contributed by atoms with van der Waals surface area (Å²) < 4.78 is 7.38. The molecule has 0 radical (unpaired) electrons. The third kappa shape index (κ3) is 3.10. The molecule has 2 aromatic heterocycles. The van der Waals surface area contributed by atoms with Crippen molar-refractivity contribution in [2.24, 2.45) is 0 Å². The van der Waals surface area contributed by atoms with Gasteiger partial charge in [0, 0.05) is 11.9 Å². The average molecular weight is 345 g/mol. The first-order valence-corrected chi connectivity index (χ1v) is 8.02. The maximum atomic E-state index is 12.6. The number of anilines is 1. The number of aryl methyl sites for hydroxylation is 1. The summed E-state index contributed by atoms with van der Waals surface area (Å²) in [5, 5.41) is 7.01. The molecule has 7 heteroatoms. The number of hydrogen-bond acceptors (Lipinski definition) is 5. The number of benzene rings is 2. The van der Waals surface area contributed by atoms with Gasteiger partial charge in [0.05, 0.1) is 5.69 Å². The van der Waals surface area contributed by atoms with Crippen molar-refractivity contribution in [1.82, 2.24) is 19.6 Å². The van der Waals surface area contributed by atoms with Crippen LogP contribution in [-0.2, 0) is 0 Å². The van der Waals surface area contributed by atoms with Crippen LogP contribution < -0.4 is 10.1 Å². The third-order valence-electron chi connectivity index (χ3n) is 3.74. The Morgan fingerprint density at radius 3 is 2.62 bits per heavy atom. The molecule has 26 heavy (non-hydrogen) atoms. The molecule has 2 heterocycles. The standard InChI is InChI=1S/C19H15N5O2/c1-13-11-12-20-19-22-17(23-24(13)19)18(25)21-15-9-5-6-10-16(15)26-14-7-3-2-4-8-14/h2-12H,1H3,(H,21,25).